The molecule has 0 fully saturated rings. The second-order valence-corrected chi connectivity index (χ2v) is 17.6. The van der Waals surface area contributed by atoms with Crippen LogP contribution in [0.25, 0.3) is 0 Å². The van der Waals surface area contributed by atoms with Crippen LogP contribution in [-0.4, -0.2) is 41.6 Å². The molecule has 7 nitrogen and oxygen atoms in total. The first kappa shape index (κ1) is 57.6. The van der Waals surface area contributed by atoms with E-state index in [1.807, 2.05) is 0 Å². The summed E-state index contributed by atoms with van der Waals surface area (Å²) in [5, 5.41) is 12.0. The molecule has 0 aromatic rings. The van der Waals surface area contributed by atoms with Crippen molar-refractivity contribution in [3.05, 3.63) is 36.5 Å². The van der Waals surface area contributed by atoms with Crippen molar-refractivity contribution in [3.8, 4) is 0 Å². The van der Waals surface area contributed by atoms with Gasteiger partial charge in [0.2, 0.25) is 5.91 Å². The molecule has 0 aromatic heterocycles. The van der Waals surface area contributed by atoms with Gasteiger partial charge in [-0.05, 0) is 109 Å². The number of amides is 1. The Labute approximate surface area is 371 Å². The maximum Gasteiger partial charge on any atom is 0.326 e. The highest BCUT2D eigenvalue weighted by atomic mass is 16.5. The van der Waals surface area contributed by atoms with E-state index in [0.29, 0.717) is 32.2 Å². The van der Waals surface area contributed by atoms with Crippen LogP contribution >= 0.6 is 0 Å². The van der Waals surface area contributed by atoms with Crippen LogP contribution in [0.1, 0.15) is 264 Å². The lowest BCUT2D eigenvalue weighted by molar-refractivity contribution is -0.150. The Morgan fingerprint density at radius 1 is 0.483 bits per heavy atom. The number of esters is 1. The highest BCUT2D eigenvalue weighted by Gasteiger charge is 2.19. The Balaban J connectivity index is 4.17. The molecule has 0 saturated carbocycles. The topological polar surface area (TPSA) is 119 Å². The maximum atomic E-state index is 12.9. The molecule has 0 rings (SSSR count). The van der Waals surface area contributed by atoms with Gasteiger partial charge in [0.05, 0.1) is 0 Å². The predicted molar refractivity (Wildman–Crippen MR) is 257 cm³/mol. The smallest absolute Gasteiger partial charge is 0.326 e. The fraction of sp³-hybridized carbons (Fsp3) is 0.830. The Bertz CT molecular complexity index is 1040. The SMILES string of the molecule is CCCCC/C=C\C/C=C\CCCC(CCCCCCCC(=O)NC(CCCN)C(=O)O)OC(=O)CCCCCCCCCCCCC/C=C\CCCCCCCCCC. The standard InChI is InChI=1S/C53H98N2O5/c1-3-5-7-9-11-13-15-16-17-18-19-20-21-22-23-24-25-26-28-30-32-37-41-47-52(57)60-49(43-38-34-31-29-27-14-12-10-8-6-4-2)44-39-35-33-36-40-46-51(56)55-50(53(58)59)45-42-48-54/h12,14,18-19,29,31,49-50H,3-11,13,15-17,20-28,30,32-48,54H2,1-2H3,(H,55,56)(H,58,59)/b14-12-,19-18-,31-29-. The van der Waals surface area contributed by atoms with Crippen molar-refractivity contribution >= 4 is 17.8 Å². The van der Waals surface area contributed by atoms with Crippen LogP contribution in [0.15, 0.2) is 36.5 Å². The number of unbranched alkanes of at least 4 members (excludes halogenated alkanes) is 27. The fourth-order valence-electron chi connectivity index (χ4n) is 7.78. The predicted octanol–water partition coefficient (Wildman–Crippen LogP) is 15.3. The van der Waals surface area contributed by atoms with Crippen LogP contribution in [0.3, 0.4) is 0 Å². The Kier molecular flexibility index (Phi) is 45.7. The summed E-state index contributed by atoms with van der Waals surface area (Å²) in [6.45, 7) is 4.93. The number of ether oxygens (including phenoxy) is 1. The number of carboxylic acid groups (broad SMARTS) is 1. The molecule has 4 N–H and O–H groups in total. The minimum atomic E-state index is -1.01. The van der Waals surface area contributed by atoms with Gasteiger partial charge in [-0.3, -0.25) is 9.59 Å². The molecule has 0 bridgehead atoms. The number of carbonyl (C=O) groups excluding carboxylic acids is 2. The molecule has 2 unspecified atom stereocenters. The van der Waals surface area contributed by atoms with Gasteiger partial charge in [-0.25, -0.2) is 4.79 Å². The number of hydrogen-bond acceptors (Lipinski definition) is 5. The molecule has 1 amide bonds. The second kappa shape index (κ2) is 47.6. The van der Waals surface area contributed by atoms with Crippen molar-refractivity contribution in [3.63, 3.8) is 0 Å². The number of hydrogen-bond donors (Lipinski definition) is 3. The molecule has 0 heterocycles. The first-order valence-corrected chi connectivity index (χ1v) is 25.8. The molecule has 2 atom stereocenters. The van der Waals surface area contributed by atoms with Gasteiger partial charge < -0.3 is 20.9 Å². The summed E-state index contributed by atoms with van der Waals surface area (Å²) in [4.78, 5) is 36.5. The van der Waals surface area contributed by atoms with Gasteiger partial charge in [0.15, 0.2) is 0 Å². The molecule has 0 aliphatic rings. The average Bonchev–Trinajstić information content (AvgIpc) is 3.23. The number of allylic oxidation sites excluding steroid dienone is 6. The highest BCUT2D eigenvalue weighted by molar-refractivity contribution is 5.83. The third-order valence-corrected chi connectivity index (χ3v) is 11.7. The number of nitrogens with two attached hydrogens (primary N) is 1. The zero-order chi connectivity index (χ0) is 43.8. The van der Waals surface area contributed by atoms with Gasteiger partial charge >= 0.3 is 11.9 Å². The fourth-order valence-corrected chi connectivity index (χ4v) is 7.78. The first-order chi connectivity index (χ1) is 29.4. The van der Waals surface area contributed by atoms with Crippen molar-refractivity contribution < 1.29 is 24.2 Å². The van der Waals surface area contributed by atoms with E-state index in [-0.39, 0.29) is 18.0 Å². The number of rotatable bonds is 47. The van der Waals surface area contributed by atoms with Crippen molar-refractivity contribution in [2.45, 2.75) is 276 Å². The molecule has 0 aliphatic heterocycles. The Hall–Kier alpha value is -2.41. The minimum Gasteiger partial charge on any atom is -0.480 e. The van der Waals surface area contributed by atoms with Crippen molar-refractivity contribution in [1.29, 1.82) is 0 Å². The van der Waals surface area contributed by atoms with Crippen molar-refractivity contribution in [2.24, 2.45) is 5.73 Å². The lowest BCUT2D eigenvalue weighted by Crippen LogP contribution is -2.40. The van der Waals surface area contributed by atoms with Gasteiger partial charge in [-0.2, -0.15) is 0 Å². The maximum absolute atomic E-state index is 12.9. The quantitative estimate of drug-likeness (QED) is 0.0319. The molecule has 7 heteroatoms. The van der Waals surface area contributed by atoms with Crippen LogP contribution in [0.4, 0.5) is 0 Å². The lowest BCUT2D eigenvalue weighted by atomic mass is 10.0. The van der Waals surface area contributed by atoms with E-state index in [1.54, 1.807) is 0 Å². The van der Waals surface area contributed by atoms with Gasteiger partial charge in [0, 0.05) is 12.8 Å². The zero-order valence-corrected chi connectivity index (χ0v) is 39.6. The summed E-state index contributed by atoms with van der Waals surface area (Å²) in [6.07, 6.45) is 57.8. The van der Waals surface area contributed by atoms with Crippen molar-refractivity contribution in [1.82, 2.24) is 5.32 Å². The van der Waals surface area contributed by atoms with Gasteiger partial charge in [-0.15, -0.1) is 0 Å². The molecule has 0 spiro atoms. The number of carbonyl (C=O) groups is 3. The summed E-state index contributed by atoms with van der Waals surface area (Å²) in [6, 6.07) is -0.861. The van der Waals surface area contributed by atoms with Gasteiger partial charge in [0.25, 0.3) is 0 Å². The second-order valence-electron chi connectivity index (χ2n) is 17.6. The van der Waals surface area contributed by atoms with Crippen LogP contribution in [0, 0.1) is 0 Å². The van der Waals surface area contributed by atoms with E-state index in [1.165, 1.54) is 148 Å². The van der Waals surface area contributed by atoms with Gasteiger partial charge in [0.1, 0.15) is 12.1 Å². The zero-order valence-electron chi connectivity index (χ0n) is 39.6. The van der Waals surface area contributed by atoms with Gasteiger partial charge in [-0.1, -0.05) is 185 Å². The average molecular weight is 843 g/mol. The third kappa shape index (κ3) is 43.7. The number of carboxylic acids is 1. The van der Waals surface area contributed by atoms with E-state index in [2.05, 4.69) is 55.6 Å². The summed E-state index contributed by atoms with van der Waals surface area (Å²) < 4.78 is 6.05. The summed E-state index contributed by atoms with van der Waals surface area (Å²) in [7, 11) is 0. The number of nitrogens with one attached hydrogen (secondary N) is 1. The highest BCUT2D eigenvalue weighted by Crippen LogP contribution is 2.18. The van der Waals surface area contributed by atoms with E-state index in [0.717, 1.165) is 77.0 Å². The summed E-state index contributed by atoms with van der Waals surface area (Å²) >= 11 is 0. The Morgan fingerprint density at radius 2 is 0.883 bits per heavy atom. The molecular weight excluding hydrogens is 745 g/mol. The molecule has 0 aliphatic carbocycles. The molecule has 60 heavy (non-hydrogen) atoms. The van der Waals surface area contributed by atoms with E-state index >= 15 is 0 Å². The molecule has 0 radical (unpaired) electrons. The van der Waals surface area contributed by atoms with Crippen LogP contribution in [-0.2, 0) is 19.1 Å². The molecule has 350 valence electrons. The van der Waals surface area contributed by atoms with Crippen LogP contribution in [0.2, 0.25) is 0 Å². The normalized spacial score (nSPS) is 12.8. The summed E-state index contributed by atoms with van der Waals surface area (Å²) in [5.41, 5.74) is 5.49. The minimum absolute atomic E-state index is 0.0300. The molecule has 0 aromatic carbocycles. The molecule has 0 saturated heterocycles. The monoisotopic (exact) mass is 843 g/mol. The van der Waals surface area contributed by atoms with E-state index in [9.17, 15) is 19.5 Å². The third-order valence-electron chi connectivity index (χ3n) is 11.7. The van der Waals surface area contributed by atoms with Crippen molar-refractivity contribution in [2.75, 3.05) is 6.54 Å². The van der Waals surface area contributed by atoms with Crippen LogP contribution in [0.5, 0.6) is 0 Å². The summed E-state index contributed by atoms with van der Waals surface area (Å²) in [5.74, 6) is -1.25. The first-order valence-electron chi connectivity index (χ1n) is 25.8. The van der Waals surface area contributed by atoms with E-state index in [4.69, 9.17) is 10.5 Å². The Morgan fingerprint density at radius 3 is 1.40 bits per heavy atom. The van der Waals surface area contributed by atoms with Crippen LogP contribution < -0.4 is 11.1 Å². The number of aliphatic carboxylic acids is 1. The van der Waals surface area contributed by atoms with E-state index < -0.39 is 12.0 Å². The largest absolute Gasteiger partial charge is 0.480 e. The molecular formula is C53H98N2O5. The lowest BCUT2D eigenvalue weighted by Gasteiger charge is -2.18.